The monoisotopic (exact) mass is 485 g/mol. The first-order valence-electron chi connectivity index (χ1n) is 13.4. The van der Waals surface area contributed by atoms with E-state index in [1.165, 1.54) is 70.1 Å². The van der Waals surface area contributed by atoms with Crippen molar-refractivity contribution < 1.29 is 4.79 Å². The number of H-pyrrole nitrogens is 1. The zero-order valence-electron chi connectivity index (χ0n) is 22.6. The van der Waals surface area contributed by atoms with Gasteiger partial charge in [0, 0.05) is 43.2 Å². The topological polar surface area (TPSA) is 66.3 Å². The van der Waals surface area contributed by atoms with Crippen LogP contribution in [-0.2, 0) is 4.79 Å². The number of hydrogen-bond donors (Lipinski definition) is 1. The van der Waals surface area contributed by atoms with Crippen LogP contribution in [0.15, 0.2) is 30.7 Å². The van der Waals surface area contributed by atoms with E-state index >= 15 is 0 Å². The minimum atomic E-state index is 0.251. The Morgan fingerprint density at radius 1 is 1.14 bits per heavy atom. The molecule has 190 valence electrons. The smallest absolute Gasteiger partial charge is 0.222 e. The van der Waals surface area contributed by atoms with Crippen LogP contribution in [0.3, 0.4) is 0 Å². The number of aromatic amines is 1. The largest absolute Gasteiger partial charge is 0.354 e. The molecule has 1 aromatic carbocycles. The third-order valence-electron chi connectivity index (χ3n) is 8.44. The molecule has 0 bridgehead atoms. The summed E-state index contributed by atoms with van der Waals surface area (Å²) in [6.07, 6.45) is 10.5. The summed E-state index contributed by atoms with van der Waals surface area (Å²) in [5.41, 5.74) is 9.81. The SMILES string of the molecule is Cc1c(-c2[nH]c3ccc(C4CCC(CCC(=O)N(C)C)CC4)cc3c2C(C)C)cn2cnnc2c1C. The van der Waals surface area contributed by atoms with E-state index in [4.69, 9.17) is 0 Å². The Balaban J connectivity index is 1.43. The number of benzene rings is 1. The highest BCUT2D eigenvalue weighted by Crippen LogP contribution is 2.42. The molecule has 4 aromatic rings. The number of rotatable bonds is 6. The molecule has 0 spiro atoms. The van der Waals surface area contributed by atoms with E-state index < -0.39 is 0 Å². The van der Waals surface area contributed by atoms with Gasteiger partial charge in [0.2, 0.25) is 5.91 Å². The van der Waals surface area contributed by atoms with Gasteiger partial charge < -0.3 is 9.88 Å². The fraction of sp³-hybridized carbons (Fsp3) is 0.500. The fourth-order valence-electron chi connectivity index (χ4n) is 6.10. The predicted molar refractivity (Wildman–Crippen MR) is 146 cm³/mol. The number of fused-ring (bicyclic) bond motifs is 2. The average Bonchev–Trinajstić information content (AvgIpc) is 3.49. The lowest BCUT2D eigenvalue weighted by Crippen LogP contribution is -2.23. The van der Waals surface area contributed by atoms with Crippen molar-refractivity contribution in [3.05, 3.63) is 53.0 Å². The molecular formula is C30H39N5O. The minimum Gasteiger partial charge on any atom is -0.354 e. The molecule has 1 saturated carbocycles. The van der Waals surface area contributed by atoms with Crippen molar-refractivity contribution in [2.75, 3.05) is 14.1 Å². The molecular weight excluding hydrogens is 446 g/mol. The van der Waals surface area contributed by atoms with Crippen LogP contribution in [-0.4, -0.2) is 44.5 Å². The van der Waals surface area contributed by atoms with E-state index in [2.05, 4.69) is 67.3 Å². The third-order valence-corrected chi connectivity index (χ3v) is 8.44. The van der Waals surface area contributed by atoms with Gasteiger partial charge in [0.15, 0.2) is 5.65 Å². The first-order chi connectivity index (χ1) is 17.2. The Morgan fingerprint density at radius 2 is 1.89 bits per heavy atom. The quantitative estimate of drug-likeness (QED) is 0.328. The number of aromatic nitrogens is 4. The third kappa shape index (κ3) is 4.42. The fourth-order valence-corrected chi connectivity index (χ4v) is 6.10. The number of nitrogens with zero attached hydrogens (tertiary/aromatic N) is 4. The van der Waals surface area contributed by atoms with Crippen molar-refractivity contribution in [2.45, 2.75) is 78.1 Å². The van der Waals surface area contributed by atoms with E-state index in [9.17, 15) is 4.79 Å². The lowest BCUT2D eigenvalue weighted by molar-refractivity contribution is -0.129. The van der Waals surface area contributed by atoms with Crippen LogP contribution >= 0.6 is 0 Å². The van der Waals surface area contributed by atoms with Crippen LogP contribution in [0.1, 0.15) is 86.5 Å². The number of hydrogen-bond acceptors (Lipinski definition) is 3. The second-order valence-corrected chi connectivity index (χ2v) is 11.3. The predicted octanol–water partition coefficient (Wildman–Crippen LogP) is 6.76. The molecule has 1 aliphatic carbocycles. The van der Waals surface area contributed by atoms with Crippen molar-refractivity contribution >= 4 is 22.5 Å². The number of pyridine rings is 1. The van der Waals surface area contributed by atoms with Crippen molar-refractivity contribution in [1.29, 1.82) is 0 Å². The molecule has 0 unspecified atom stereocenters. The molecule has 3 aromatic heterocycles. The summed E-state index contributed by atoms with van der Waals surface area (Å²) in [4.78, 5) is 17.5. The summed E-state index contributed by atoms with van der Waals surface area (Å²) in [6, 6.07) is 7.06. The Bertz CT molecular complexity index is 1400. The van der Waals surface area contributed by atoms with E-state index in [0.29, 0.717) is 24.2 Å². The van der Waals surface area contributed by atoms with E-state index in [1.54, 1.807) is 11.2 Å². The average molecular weight is 486 g/mol. The van der Waals surface area contributed by atoms with Gasteiger partial charge in [-0.2, -0.15) is 0 Å². The lowest BCUT2D eigenvalue weighted by Gasteiger charge is -2.29. The molecule has 1 amide bonds. The van der Waals surface area contributed by atoms with Crippen LogP contribution < -0.4 is 0 Å². The summed E-state index contributed by atoms with van der Waals surface area (Å²) >= 11 is 0. The van der Waals surface area contributed by atoms with Crippen molar-refractivity contribution in [2.24, 2.45) is 5.92 Å². The van der Waals surface area contributed by atoms with Gasteiger partial charge >= 0.3 is 0 Å². The normalized spacial score (nSPS) is 18.4. The summed E-state index contributed by atoms with van der Waals surface area (Å²) in [6.45, 7) is 8.90. The number of nitrogens with one attached hydrogen (secondary N) is 1. The number of carbonyl (C=O) groups excluding carboxylic acids is 1. The Morgan fingerprint density at radius 3 is 2.58 bits per heavy atom. The van der Waals surface area contributed by atoms with Crippen LogP contribution in [0.25, 0.3) is 27.8 Å². The van der Waals surface area contributed by atoms with Crippen LogP contribution in [0.4, 0.5) is 0 Å². The van der Waals surface area contributed by atoms with E-state index in [0.717, 1.165) is 12.1 Å². The maximum atomic E-state index is 12.0. The zero-order chi connectivity index (χ0) is 25.6. The summed E-state index contributed by atoms with van der Waals surface area (Å²) < 4.78 is 2.03. The number of amides is 1. The van der Waals surface area contributed by atoms with Gasteiger partial charge in [-0.1, -0.05) is 19.9 Å². The van der Waals surface area contributed by atoms with E-state index in [1.807, 2.05) is 18.5 Å². The second-order valence-electron chi connectivity index (χ2n) is 11.3. The summed E-state index contributed by atoms with van der Waals surface area (Å²) in [5.74, 6) is 1.93. The van der Waals surface area contributed by atoms with Crippen molar-refractivity contribution in [3.8, 4) is 11.3 Å². The molecule has 36 heavy (non-hydrogen) atoms. The molecule has 1 fully saturated rings. The van der Waals surface area contributed by atoms with Gasteiger partial charge in [-0.25, -0.2) is 0 Å². The van der Waals surface area contributed by atoms with Gasteiger partial charge in [-0.15, -0.1) is 10.2 Å². The zero-order valence-corrected chi connectivity index (χ0v) is 22.6. The molecule has 0 aliphatic heterocycles. The van der Waals surface area contributed by atoms with E-state index in [-0.39, 0.29) is 5.91 Å². The highest BCUT2D eigenvalue weighted by Gasteiger charge is 2.25. The molecule has 6 nitrogen and oxygen atoms in total. The van der Waals surface area contributed by atoms with Gasteiger partial charge in [0.25, 0.3) is 0 Å². The van der Waals surface area contributed by atoms with Crippen LogP contribution in [0.2, 0.25) is 0 Å². The van der Waals surface area contributed by atoms with Crippen molar-refractivity contribution in [1.82, 2.24) is 24.5 Å². The molecule has 0 atom stereocenters. The first-order valence-corrected chi connectivity index (χ1v) is 13.4. The van der Waals surface area contributed by atoms with Gasteiger partial charge in [0.1, 0.15) is 6.33 Å². The lowest BCUT2D eigenvalue weighted by atomic mass is 9.77. The highest BCUT2D eigenvalue weighted by molar-refractivity contribution is 5.92. The van der Waals surface area contributed by atoms with Gasteiger partial charge in [-0.3, -0.25) is 9.20 Å². The first kappa shape index (κ1) is 24.5. The molecule has 0 radical (unpaired) electrons. The molecule has 3 heterocycles. The Hall–Kier alpha value is -3.15. The minimum absolute atomic E-state index is 0.251. The second kappa shape index (κ2) is 9.72. The number of carbonyl (C=O) groups is 1. The maximum Gasteiger partial charge on any atom is 0.222 e. The molecule has 1 N–H and O–H groups in total. The molecule has 6 heteroatoms. The molecule has 0 saturated heterocycles. The highest BCUT2D eigenvalue weighted by atomic mass is 16.2. The Kier molecular flexibility index (Phi) is 6.62. The molecule has 1 aliphatic rings. The van der Waals surface area contributed by atoms with Crippen LogP contribution in [0, 0.1) is 19.8 Å². The van der Waals surface area contributed by atoms with Crippen molar-refractivity contribution in [3.63, 3.8) is 0 Å². The summed E-state index contributed by atoms with van der Waals surface area (Å²) in [5, 5.41) is 9.76. The van der Waals surface area contributed by atoms with Gasteiger partial charge in [0.05, 0.1) is 5.69 Å². The standard InChI is InChI=1S/C30H39N5O/c1-18(2)28-24-15-23(22-10-7-21(8-11-22)9-14-27(36)34(5)6)12-13-26(24)32-29(28)25-16-35-17-31-33-30(35)20(4)19(25)3/h12-13,15-18,21-22,32H,7-11,14H2,1-6H3. The summed E-state index contributed by atoms with van der Waals surface area (Å²) in [7, 11) is 3.70. The molecule has 5 rings (SSSR count). The number of aryl methyl sites for hydroxylation is 1. The van der Waals surface area contributed by atoms with Crippen LogP contribution in [0.5, 0.6) is 0 Å². The van der Waals surface area contributed by atoms with Gasteiger partial charge in [-0.05, 0) is 98.1 Å². The Labute approximate surface area is 214 Å². The maximum absolute atomic E-state index is 12.0.